The molecule has 0 bridgehead atoms. The summed E-state index contributed by atoms with van der Waals surface area (Å²) in [5.41, 5.74) is 0. The van der Waals surface area contributed by atoms with Gasteiger partial charge in [-0.15, -0.1) is 0 Å². The second-order valence-electron chi connectivity index (χ2n) is 22.9. The van der Waals surface area contributed by atoms with Crippen molar-refractivity contribution in [2.45, 2.75) is 339 Å². The zero-order valence-corrected chi connectivity index (χ0v) is 51.1. The molecule has 0 spiro atoms. The molecule has 1 amide bonds. The van der Waals surface area contributed by atoms with Gasteiger partial charge in [0.1, 0.15) is 24.4 Å². The minimum atomic E-state index is -1.58. The molecule has 79 heavy (non-hydrogen) atoms. The van der Waals surface area contributed by atoms with Crippen LogP contribution in [0.5, 0.6) is 0 Å². The number of allylic oxidation sites excluding steroid dienone is 13. The molecule has 0 aliphatic carbocycles. The van der Waals surface area contributed by atoms with Crippen molar-refractivity contribution in [3.05, 3.63) is 85.1 Å². The molecule has 1 heterocycles. The number of aliphatic hydroxyl groups excluding tert-OH is 5. The van der Waals surface area contributed by atoms with E-state index in [1.54, 1.807) is 6.08 Å². The number of hydrogen-bond donors (Lipinski definition) is 6. The van der Waals surface area contributed by atoms with E-state index < -0.39 is 49.5 Å². The van der Waals surface area contributed by atoms with Gasteiger partial charge in [-0.1, -0.05) is 304 Å². The smallest absolute Gasteiger partial charge is 0.220 e. The molecule has 7 atom stereocenters. The molecular weight excluding hydrogens is 983 g/mol. The molecule has 6 N–H and O–H groups in total. The number of aliphatic hydroxyl groups is 5. The van der Waals surface area contributed by atoms with Crippen LogP contribution in [0.3, 0.4) is 0 Å². The van der Waals surface area contributed by atoms with Crippen molar-refractivity contribution in [1.82, 2.24) is 5.32 Å². The van der Waals surface area contributed by atoms with Crippen LogP contribution in [0.15, 0.2) is 85.1 Å². The van der Waals surface area contributed by atoms with E-state index in [1.807, 2.05) is 6.08 Å². The van der Waals surface area contributed by atoms with Crippen molar-refractivity contribution in [2.24, 2.45) is 0 Å². The average molecular weight is 1110 g/mol. The molecule has 0 saturated carbocycles. The molecule has 458 valence electrons. The van der Waals surface area contributed by atoms with Crippen molar-refractivity contribution in [3.63, 3.8) is 0 Å². The first-order valence-electron chi connectivity index (χ1n) is 33.3. The SMILES string of the molecule is CC/C=C\C/C=C\C/C=C\C/C=C\C/C=C\C/C=C\CCCCCCC(=O)NC(COC1OC(CO)C(O)C(O)C1O)C(O)/C=C/CCCCCCCCCCCCCCCCCCCCCCCCCCCCCCCCC. The molecule has 1 saturated heterocycles. The Bertz CT molecular complexity index is 1520. The number of rotatable bonds is 57. The van der Waals surface area contributed by atoms with Gasteiger partial charge in [0.25, 0.3) is 0 Å². The molecule has 7 unspecified atom stereocenters. The van der Waals surface area contributed by atoms with E-state index >= 15 is 0 Å². The predicted molar refractivity (Wildman–Crippen MR) is 336 cm³/mol. The van der Waals surface area contributed by atoms with Crippen LogP contribution in [0, 0.1) is 0 Å². The predicted octanol–water partition coefficient (Wildman–Crippen LogP) is 17.7. The number of carbonyl (C=O) groups is 1. The lowest BCUT2D eigenvalue weighted by Gasteiger charge is -2.40. The standard InChI is InChI=1S/C70H125NO8/c1-3-5-7-9-11-13-15-17-19-21-23-25-27-28-29-30-31-32-33-34-35-36-38-39-41-43-45-47-49-51-53-55-57-59-64(73)63(62-78-70-69(77)68(76)67(75)65(61-72)79-70)71-66(74)60-58-56-54-52-50-48-46-44-42-40-37-26-24-22-20-18-16-14-12-10-8-6-4-2/h6,8,12,14,18,20,24,26,40,42,46,48,57,59,63-65,67-70,72-73,75-77H,3-5,7,9-11,13,15-17,19,21-23,25,27-39,41,43-45,47,49-56,58,60-62H2,1-2H3,(H,71,74)/b8-6-,14-12-,20-18-,26-24-,42-40-,48-46-,59-57+. The molecule has 0 aromatic carbocycles. The second kappa shape index (κ2) is 58.6. The first-order chi connectivity index (χ1) is 38.8. The number of amides is 1. The lowest BCUT2D eigenvalue weighted by atomic mass is 9.99. The third-order valence-corrected chi connectivity index (χ3v) is 15.5. The summed E-state index contributed by atoms with van der Waals surface area (Å²) in [6, 6.07) is -0.826. The lowest BCUT2D eigenvalue weighted by molar-refractivity contribution is -0.302. The van der Waals surface area contributed by atoms with Gasteiger partial charge in [0.05, 0.1) is 25.4 Å². The molecule has 1 aliphatic rings. The Balaban J connectivity index is 2.17. The fraction of sp³-hybridized carbons (Fsp3) is 0.786. The van der Waals surface area contributed by atoms with Crippen molar-refractivity contribution in [2.75, 3.05) is 13.2 Å². The van der Waals surface area contributed by atoms with Crippen LogP contribution >= 0.6 is 0 Å². The third kappa shape index (κ3) is 47.6. The summed E-state index contributed by atoms with van der Waals surface area (Å²) in [6.45, 7) is 3.68. The van der Waals surface area contributed by atoms with Crippen LogP contribution in [0.2, 0.25) is 0 Å². The van der Waals surface area contributed by atoms with Gasteiger partial charge in [-0.3, -0.25) is 4.79 Å². The monoisotopic (exact) mass is 1110 g/mol. The maximum absolute atomic E-state index is 13.1. The zero-order chi connectivity index (χ0) is 57.2. The van der Waals surface area contributed by atoms with Crippen LogP contribution in [-0.4, -0.2) is 87.5 Å². The first-order valence-corrected chi connectivity index (χ1v) is 33.3. The quantitative estimate of drug-likeness (QED) is 0.0261. The van der Waals surface area contributed by atoms with Gasteiger partial charge < -0.3 is 40.3 Å². The fourth-order valence-corrected chi connectivity index (χ4v) is 10.3. The summed E-state index contributed by atoms with van der Waals surface area (Å²) in [5.74, 6) is -0.201. The Hall–Kier alpha value is -2.63. The largest absolute Gasteiger partial charge is 0.394 e. The summed E-state index contributed by atoms with van der Waals surface area (Å²) in [7, 11) is 0. The normalized spacial score (nSPS) is 19.1. The number of ether oxygens (including phenoxy) is 2. The fourth-order valence-electron chi connectivity index (χ4n) is 10.3. The molecule has 0 aromatic heterocycles. The Labute approximate surface area is 486 Å². The highest BCUT2D eigenvalue weighted by molar-refractivity contribution is 5.76. The topological polar surface area (TPSA) is 149 Å². The van der Waals surface area contributed by atoms with Crippen LogP contribution in [0.25, 0.3) is 0 Å². The summed E-state index contributed by atoms with van der Waals surface area (Å²) in [5, 5.41) is 54.7. The highest BCUT2D eigenvalue weighted by atomic mass is 16.7. The maximum Gasteiger partial charge on any atom is 0.220 e. The van der Waals surface area contributed by atoms with E-state index in [4.69, 9.17) is 9.47 Å². The molecule has 9 heteroatoms. The Kier molecular flexibility index (Phi) is 55.1. The second-order valence-corrected chi connectivity index (χ2v) is 22.9. The van der Waals surface area contributed by atoms with Crippen LogP contribution < -0.4 is 5.32 Å². The Morgan fingerprint density at radius 1 is 0.443 bits per heavy atom. The summed E-state index contributed by atoms with van der Waals surface area (Å²) >= 11 is 0. The molecule has 1 aliphatic heterocycles. The lowest BCUT2D eigenvalue weighted by Crippen LogP contribution is -2.60. The molecular formula is C70H125NO8. The number of hydrogen-bond acceptors (Lipinski definition) is 8. The number of nitrogens with one attached hydrogen (secondary N) is 1. The van der Waals surface area contributed by atoms with Gasteiger partial charge in [0.15, 0.2) is 6.29 Å². The summed E-state index contributed by atoms with van der Waals surface area (Å²) in [6.07, 6.45) is 76.8. The highest BCUT2D eigenvalue weighted by Crippen LogP contribution is 2.23. The average Bonchev–Trinajstić information content (AvgIpc) is 3.47. The molecule has 0 radical (unpaired) electrons. The van der Waals surface area contributed by atoms with E-state index in [0.717, 1.165) is 89.9 Å². The van der Waals surface area contributed by atoms with Gasteiger partial charge in [0.2, 0.25) is 5.91 Å². The van der Waals surface area contributed by atoms with Gasteiger partial charge in [0, 0.05) is 6.42 Å². The van der Waals surface area contributed by atoms with Crippen molar-refractivity contribution in [1.29, 1.82) is 0 Å². The molecule has 1 fully saturated rings. The van der Waals surface area contributed by atoms with Crippen molar-refractivity contribution >= 4 is 5.91 Å². The third-order valence-electron chi connectivity index (χ3n) is 15.5. The Morgan fingerprint density at radius 3 is 1.16 bits per heavy atom. The van der Waals surface area contributed by atoms with Crippen molar-refractivity contribution in [3.8, 4) is 0 Å². The van der Waals surface area contributed by atoms with Gasteiger partial charge >= 0.3 is 0 Å². The van der Waals surface area contributed by atoms with E-state index in [0.29, 0.717) is 6.42 Å². The highest BCUT2D eigenvalue weighted by Gasteiger charge is 2.44. The van der Waals surface area contributed by atoms with Crippen LogP contribution in [0.1, 0.15) is 296 Å². The van der Waals surface area contributed by atoms with Crippen molar-refractivity contribution < 1.29 is 39.8 Å². The molecule has 9 nitrogen and oxygen atoms in total. The van der Waals surface area contributed by atoms with E-state index in [2.05, 4.69) is 92.1 Å². The van der Waals surface area contributed by atoms with Gasteiger partial charge in [-0.05, 0) is 70.6 Å². The van der Waals surface area contributed by atoms with Crippen LogP contribution in [0.4, 0.5) is 0 Å². The minimum absolute atomic E-state index is 0.201. The number of carbonyl (C=O) groups excluding carboxylic acids is 1. The summed E-state index contributed by atoms with van der Waals surface area (Å²) < 4.78 is 11.3. The molecule has 1 rings (SSSR count). The van der Waals surface area contributed by atoms with Gasteiger partial charge in [-0.2, -0.15) is 0 Å². The van der Waals surface area contributed by atoms with Crippen LogP contribution in [-0.2, 0) is 14.3 Å². The first kappa shape index (κ1) is 74.4. The maximum atomic E-state index is 13.1. The minimum Gasteiger partial charge on any atom is -0.394 e. The van der Waals surface area contributed by atoms with E-state index in [1.165, 1.54) is 186 Å². The van der Waals surface area contributed by atoms with E-state index in [9.17, 15) is 30.3 Å². The van der Waals surface area contributed by atoms with E-state index in [-0.39, 0.29) is 12.5 Å². The van der Waals surface area contributed by atoms with Gasteiger partial charge in [-0.25, -0.2) is 0 Å². The zero-order valence-electron chi connectivity index (χ0n) is 51.1. The summed E-state index contributed by atoms with van der Waals surface area (Å²) in [4.78, 5) is 13.1. The molecule has 0 aromatic rings. The number of unbranched alkanes of at least 4 members (excludes halogenated alkanes) is 35. The Morgan fingerprint density at radius 2 is 0.785 bits per heavy atom.